The summed E-state index contributed by atoms with van der Waals surface area (Å²) in [5.41, 5.74) is 50.1. The van der Waals surface area contributed by atoms with Gasteiger partial charge in [0.2, 0.25) is 0 Å². The maximum absolute atomic E-state index is 2.38. The fourth-order valence-corrected chi connectivity index (χ4v) is 24.5. The Morgan fingerprint density at radius 3 is 0.520 bits per heavy atom. The van der Waals surface area contributed by atoms with Gasteiger partial charge in [0.15, 0.2) is 0 Å². The molecule has 4 heterocycles. The van der Waals surface area contributed by atoms with E-state index >= 15 is 0 Å². The molecule has 28 aromatic rings. The van der Waals surface area contributed by atoms with Gasteiger partial charge in [-0.15, -0.1) is 0 Å². The van der Waals surface area contributed by atoms with Crippen LogP contribution in [0.25, 0.3) is 232 Å². The molecule has 4 aromatic heterocycles. The Morgan fingerprint density at radius 1 is 0.107 bits per heavy atom. The third-order valence-electron chi connectivity index (χ3n) is 31.2. The van der Waals surface area contributed by atoms with Gasteiger partial charge in [-0.2, -0.15) is 0 Å². The van der Waals surface area contributed by atoms with Gasteiger partial charge in [0.1, 0.15) is 0 Å². The highest BCUT2D eigenvalue weighted by molar-refractivity contribution is 6.15. The van der Waals surface area contributed by atoms with Crippen molar-refractivity contribution in [3.63, 3.8) is 0 Å². The van der Waals surface area contributed by atoms with Gasteiger partial charge < -0.3 is 18.3 Å². The summed E-state index contributed by atoms with van der Waals surface area (Å²) in [6, 6.07) is 213. The van der Waals surface area contributed by atoms with Gasteiger partial charge in [-0.05, 0) is 271 Å². The molecular weight excluding hydrogens is 1810 g/mol. The number of aromatic nitrogens is 4. The van der Waals surface area contributed by atoms with Crippen molar-refractivity contribution >= 4 is 87.2 Å². The molecule has 0 saturated carbocycles. The van der Waals surface area contributed by atoms with E-state index in [-0.39, 0.29) is 11.8 Å². The molecule has 0 bridgehead atoms. The lowest BCUT2D eigenvalue weighted by Crippen LogP contribution is -1.99. The summed E-state index contributed by atoms with van der Waals surface area (Å²) in [5.74, 6) is 0.494. The van der Waals surface area contributed by atoms with Crippen LogP contribution in [-0.4, -0.2) is 18.3 Å². The van der Waals surface area contributed by atoms with E-state index in [1.807, 2.05) is 0 Å². The van der Waals surface area contributed by atoms with Crippen molar-refractivity contribution in [3.05, 3.63) is 616 Å². The van der Waals surface area contributed by atoms with Crippen molar-refractivity contribution in [2.45, 2.75) is 11.8 Å². The van der Waals surface area contributed by atoms with Crippen LogP contribution in [0.4, 0.5) is 0 Å². The maximum atomic E-state index is 2.38. The van der Waals surface area contributed by atoms with E-state index in [4.69, 9.17) is 0 Å². The average Bonchev–Trinajstić information content (AvgIpc) is 1.59. The van der Waals surface area contributed by atoms with Crippen molar-refractivity contribution in [1.29, 1.82) is 0 Å². The van der Waals surface area contributed by atoms with Crippen molar-refractivity contribution < 1.29 is 0 Å². The van der Waals surface area contributed by atoms with Crippen molar-refractivity contribution in [2.75, 3.05) is 0 Å². The topological polar surface area (TPSA) is 19.7 Å². The van der Waals surface area contributed by atoms with E-state index in [0.717, 1.165) is 5.69 Å². The maximum Gasteiger partial charge on any atom is 0.0541 e. The second kappa shape index (κ2) is 37.6. The molecule has 4 nitrogen and oxygen atoms in total. The molecule has 0 radical (unpaired) electrons. The summed E-state index contributed by atoms with van der Waals surface area (Å²) < 4.78 is 9.51. The van der Waals surface area contributed by atoms with Gasteiger partial charge in [0, 0.05) is 77.7 Å². The van der Waals surface area contributed by atoms with Gasteiger partial charge in [0.25, 0.3) is 0 Å². The van der Waals surface area contributed by atoms with E-state index in [0.29, 0.717) is 0 Å². The van der Waals surface area contributed by atoms with Crippen LogP contribution in [0.2, 0.25) is 0 Å². The molecule has 0 atom stereocenters. The molecule has 4 heteroatoms. The fourth-order valence-electron chi connectivity index (χ4n) is 24.5. The molecule has 702 valence electrons. The molecule has 0 amide bonds. The Balaban J connectivity index is 0.000000108. The first-order chi connectivity index (χ1) is 74.5. The van der Waals surface area contributed by atoms with Gasteiger partial charge in [-0.25, -0.2) is 0 Å². The number of fused-ring (bicyclic) bond motifs is 18. The average molecular weight is 1910 g/mol. The number of hydrogen-bond acceptors (Lipinski definition) is 0. The Kier molecular flexibility index (Phi) is 22.1. The van der Waals surface area contributed by atoms with E-state index in [9.17, 15) is 0 Å². The number of hydrogen-bond donors (Lipinski definition) is 0. The first-order valence-corrected chi connectivity index (χ1v) is 52.0. The molecule has 24 aromatic carbocycles. The standard InChI is InChI=1S/2C49H33N.C48H32N2/c1-3-15-39(37(13-1)33-25-27-35(28-26-33)49-45-21-7-5-17-41(45)42-18-6-8-22-46(42)49)40-16-4-2-14-38(40)34-29-31-36(32-30-34)50-47-23-11-9-19-43(47)44-20-10-12-24-48(44)50;1-2-14-36(15-3-1)50-47-25-13-12-22-43(47)46-32-35(30-31-48(46)50)38-17-5-7-19-40(38)39-18-6-4-16-37(39)33-26-28-34(29-27-33)49-44-23-10-8-20-41(44)42-21-9-11-24-45(42)49;1-3-15-35(16-4-1)49-45-25-13-11-23-41(45)43-31-33(27-29-47(43)49)37-19-7-9-21-39(37)40-22-10-8-20-38(40)34-28-30-48-44(32-34)42-24-12-14-26-46(42)50(48)36-17-5-2-6-18-36/h2*1-32,49H;1-32H. The minimum atomic E-state index is 0.246. The Labute approximate surface area is 871 Å². The van der Waals surface area contributed by atoms with E-state index in [1.165, 1.54) is 260 Å². The number of para-hydroxylation sites is 8. The lowest BCUT2D eigenvalue weighted by Gasteiger charge is -2.17. The van der Waals surface area contributed by atoms with Crippen LogP contribution >= 0.6 is 0 Å². The highest BCUT2D eigenvalue weighted by Gasteiger charge is 2.33. The van der Waals surface area contributed by atoms with Gasteiger partial charge in [-0.3, -0.25) is 0 Å². The Hall–Kier alpha value is -19.5. The van der Waals surface area contributed by atoms with Gasteiger partial charge in [0.05, 0.1) is 44.1 Å². The van der Waals surface area contributed by atoms with Crippen molar-refractivity contribution in [2.24, 2.45) is 0 Å². The molecule has 0 aliphatic heterocycles. The number of benzene rings is 24. The lowest BCUT2D eigenvalue weighted by atomic mass is 9.86. The Bertz CT molecular complexity index is 9730. The minimum absolute atomic E-state index is 0.246. The van der Waals surface area contributed by atoms with E-state index in [2.05, 4.69) is 601 Å². The zero-order valence-electron chi connectivity index (χ0n) is 82.4. The summed E-state index contributed by atoms with van der Waals surface area (Å²) in [6.45, 7) is 0. The highest BCUT2D eigenvalue weighted by atomic mass is 15.0. The quantitative estimate of drug-likeness (QED) is 0.0975. The van der Waals surface area contributed by atoms with Crippen molar-refractivity contribution in [1.82, 2.24) is 18.3 Å². The SMILES string of the molecule is c1ccc(-c2ccccc2-c2ccc(-n3c4ccccc4c4ccccc43)cc2)c(-c2ccc(C3c4ccccc4-c4ccccc43)cc2)c1.c1ccc(-n2c3ccccc3c3cc(-c4ccccc4-c4ccccc4-c4ccc(C5c6ccccc6-c6ccccc65)cc4)ccc32)cc1.c1ccc(-n2c3ccccc3c3cc(-c4ccccc4-c4ccccc4-c4ccc5c(c4)c4ccccc4n5-c4ccccc4)ccc32)cc1. The molecule has 0 spiro atoms. The first kappa shape index (κ1) is 88.2. The van der Waals surface area contributed by atoms with Crippen LogP contribution in [0.5, 0.6) is 0 Å². The molecule has 2 aliphatic carbocycles. The van der Waals surface area contributed by atoms with Crippen LogP contribution in [0.1, 0.15) is 45.2 Å². The molecule has 0 unspecified atom stereocenters. The normalized spacial score (nSPS) is 12.1. The summed E-state index contributed by atoms with van der Waals surface area (Å²) in [4.78, 5) is 0. The summed E-state index contributed by atoms with van der Waals surface area (Å²) in [6.07, 6.45) is 0. The fraction of sp³-hybridized carbons (Fsp3) is 0.0137. The van der Waals surface area contributed by atoms with E-state index < -0.39 is 0 Å². The molecule has 0 saturated heterocycles. The third kappa shape index (κ3) is 15.2. The Morgan fingerprint density at radius 2 is 0.273 bits per heavy atom. The minimum Gasteiger partial charge on any atom is -0.309 e. The number of nitrogens with zero attached hydrogens (tertiary/aromatic N) is 4. The number of rotatable bonds is 15. The lowest BCUT2D eigenvalue weighted by molar-refractivity contribution is 1.02. The van der Waals surface area contributed by atoms with Gasteiger partial charge >= 0.3 is 0 Å². The predicted molar refractivity (Wildman–Crippen MR) is 631 cm³/mol. The highest BCUT2D eigenvalue weighted by Crippen LogP contribution is 2.53. The molecule has 0 fully saturated rings. The van der Waals surface area contributed by atoms with E-state index in [1.54, 1.807) is 0 Å². The van der Waals surface area contributed by atoms with Crippen molar-refractivity contribution in [3.8, 4) is 145 Å². The first-order valence-electron chi connectivity index (χ1n) is 52.0. The third-order valence-corrected chi connectivity index (χ3v) is 31.2. The van der Waals surface area contributed by atoms with Crippen LogP contribution in [0, 0.1) is 0 Å². The summed E-state index contributed by atoms with van der Waals surface area (Å²) in [7, 11) is 0. The monoisotopic (exact) mass is 1910 g/mol. The second-order valence-electron chi connectivity index (χ2n) is 39.4. The zero-order valence-corrected chi connectivity index (χ0v) is 82.4. The summed E-state index contributed by atoms with van der Waals surface area (Å²) in [5, 5.41) is 10.1. The molecule has 2 aliphatic rings. The van der Waals surface area contributed by atoms with Crippen LogP contribution < -0.4 is 0 Å². The molecular formula is C146H98N4. The molecule has 150 heavy (non-hydrogen) atoms. The second-order valence-corrected chi connectivity index (χ2v) is 39.4. The van der Waals surface area contributed by atoms with Crippen LogP contribution in [-0.2, 0) is 0 Å². The van der Waals surface area contributed by atoms with Gasteiger partial charge in [-0.1, -0.05) is 467 Å². The molecule has 0 N–H and O–H groups in total. The molecule has 30 rings (SSSR count). The smallest absolute Gasteiger partial charge is 0.0541 e. The largest absolute Gasteiger partial charge is 0.309 e. The predicted octanol–water partition coefficient (Wildman–Crippen LogP) is 38.8. The zero-order chi connectivity index (χ0) is 99.1. The van der Waals surface area contributed by atoms with Crippen LogP contribution in [0.3, 0.4) is 0 Å². The van der Waals surface area contributed by atoms with Crippen LogP contribution in [0.15, 0.2) is 582 Å². The summed E-state index contributed by atoms with van der Waals surface area (Å²) >= 11 is 0.